The van der Waals surface area contributed by atoms with E-state index < -0.39 is 0 Å². The molecule has 94 valence electrons. The lowest BCUT2D eigenvalue weighted by atomic mass is 9.91. The maximum Gasteiger partial charge on any atom is 0.0334 e. The SMILES string of the molecule is CCC1CCCCCN1C1(CN)CCCC1. The predicted molar refractivity (Wildman–Crippen MR) is 69.5 cm³/mol. The van der Waals surface area contributed by atoms with Gasteiger partial charge >= 0.3 is 0 Å². The number of nitrogens with zero attached hydrogens (tertiary/aromatic N) is 1. The van der Waals surface area contributed by atoms with E-state index in [1.54, 1.807) is 0 Å². The lowest BCUT2D eigenvalue weighted by Gasteiger charge is -2.45. The molecule has 2 fully saturated rings. The molecule has 0 bridgehead atoms. The Morgan fingerprint density at radius 3 is 2.50 bits per heavy atom. The van der Waals surface area contributed by atoms with Gasteiger partial charge in [0.2, 0.25) is 0 Å². The summed E-state index contributed by atoms with van der Waals surface area (Å²) in [5.41, 5.74) is 6.51. The molecule has 2 rings (SSSR count). The molecule has 1 saturated heterocycles. The molecule has 2 aliphatic rings. The zero-order valence-corrected chi connectivity index (χ0v) is 10.9. The molecule has 1 aliphatic heterocycles. The molecule has 0 amide bonds. The van der Waals surface area contributed by atoms with E-state index in [9.17, 15) is 0 Å². The molecule has 1 unspecified atom stereocenters. The van der Waals surface area contributed by atoms with E-state index in [-0.39, 0.29) is 0 Å². The van der Waals surface area contributed by atoms with E-state index in [2.05, 4.69) is 11.8 Å². The number of hydrogen-bond donors (Lipinski definition) is 1. The molecule has 1 saturated carbocycles. The van der Waals surface area contributed by atoms with Gasteiger partial charge in [0.15, 0.2) is 0 Å². The minimum atomic E-state index is 0.380. The molecule has 2 N–H and O–H groups in total. The second-order valence-corrected chi connectivity index (χ2v) is 5.74. The first kappa shape index (κ1) is 12.4. The van der Waals surface area contributed by atoms with Crippen molar-refractivity contribution in [3.63, 3.8) is 0 Å². The second-order valence-electron chi connectivity index (χ2n) is 5.74. The van der Waals surface area contributed by atoms with Crippen LogP contribution in [-0.4, -0.2) is 29.6 Å². The Morgan fingerprint density at radius 1 is 1.12 bits per heavy atom. The third-order valence-electron chi connectivity index (χ3n) is 4.87. The molecule has 0 aromatic rings. The average Bonchev–Trinajstić information content (AvgIpc) is 2.68. The van der Waals surface area contributed by atoms with E-state index in [4.69, 9.17) is 5.73 Å². The Labute approximate surface area is 101 Å². The first-order chi connectivity index (χ1) is 7.82. The van der Waals surface area contributed by atoms with Gasteiger partial charge in [-0.2, -0.15) is 0 Å². The molecule has 2 heteroatoms. The normalized spacial score (nSPS) is 31.5. The summed E-state index contributed by atoms with van der Waals surface area (Å²) in [4.78, 5) is 2.81. The molecular formula is C14H28N2. The summed E-state index contributed by atoms with van der Waals surface area (Å²) in [5.74, 6) is 0. The van der Waals surface area contributed by atoms with Crippen molar-refractivity contribution in [2.45, 2.75) is 76.3 Å². The van der Waals surface area contributed by atoms with Crippen LogP contribution in [-0.2, 0) is 0 Å². The Hall–Kier alpha value is -0.0800. The smallest absolute Gasteiger partial charge is 0.0334 e. The van der Waals surface area contributed by atoms with Crippen LogP contribution in [0.1, 0.15) is 64.7 Å². The summed E-state index contributed by atoms with van der Waals surface area (Å²) < 4.78 is 0. The van der Waals surface area contributed by atoms with Gasteiger partial charge in [-0.25, -0.2) is 0 Å². The minimum Gasteiger partial charge on any atom is -0.329 e. The molecule has 0 aromatic heterocycles. The van der Waals surface area contributed by atoms with Crippen molar-refractivity contribution in [1.82, 2.24) is 4.90 Å². The van der Waals surface area contributed by atoms with Crippen LogP contribution in [0, 0.1) is 0 Å². The van der Waals surface area contributed by atoms with Crippen LogP contribution in [0.2, 0.25) is 0 Å². The van der Waals surface area contributed by atoms with Crippen LogP contribution in [0.25, 0.3) is 0 Å². The summed E-state index contributed by atoms with van der Waals surface area (Å²) >= 11 is 0. The first-order valence-corrected chi connectivity index (χ1v) is 7.29. The van der Waals surface area contributed by atoms with Crippen LogP contribution in [0.3, 0.4) is 0 Å². The van der Waals surface area contributed by atoms with Crippen molar-refractivity contribution < 1.29 is 0 Å². The van der Waals surface area contributed by atoms with Crippen LogP contribution in [0.4, 0.5) is 0 Å². The average molecular weight is 224 g/mol. The van der Waals surface area contributed by atoms with Crippen molar-refractivity contribution in [3.8, 4) is 0 Å². The first-order valence-electron chi connectivity index (χ1n) is 7.29. The maximum atomic E-state index is 6.13. The zero-order valence-electron chi connectivity index (χ0n) is 10.9. The number of likely N-dealkylation sites (tertiary alicyclic amines) is 1. The molecule has 1 atom stereocenters. The van der Waals surface area contributed by atoms with E-state index in [1.807, 2.05) is 0 Å². The Balaban J connectivity index is 2.13. The fourth-order valence-electron chi connectivity index (χ4n) is 3.87. The number of hydrogen-bond acceptors (Lipinski definition) is 2. The van der Waals surface area contributed by atoms with Gasteiger partial charge in [-0.15, -0.1) is 0 Å². The van der Waals surface area contributed by atoms with Gasteiger partial charge in [-0.3, -0.25) is 4.90 Å². The molecule has 0 radical (unpaired) electrons. The van der Waals surface area contributed by atoms with Crippen molar-refractivity contribution in [1.29, 1.82) is 0 Å². The molecule has 0 aromatic carbocycles. The molecule has 1 aliphatic carbocycles. The van der Waals surface area contributed by atoms with Crippen molar-refractivity contribution >= 4 is 0 Å². The largest absolute Gasteiger partial charge is 0.329 e. The van der Waals surface area contributed by atoms with Crippen molar-refractivity contribution in [2.75, 3.05) is 13.1 Å². The summed E-state index contributed by atoms with van der Waals surface area (Å²) in [5, 5.41) is 0. The standard InChI is InChI=1S/C14H28N2/c1-2-13-8-4-3-7-11-16(13)14(12-15)9-5-6-10-14/h13H,2-12,15H2,1H3. The van der Waals surface area contributed by atoms with Gasteiger partial charge in [-0.1, -0.05) is 32.6 Å². The molecule has 16 heavy (non-hydrogen) atoms. The van der Waals surface area contributed by atoms with Crippen molar-refractivity contribution in [2.24, 2.45) is 5.73 Å². The Kier molecular flexibility index (Phi) is 4.26. The van der Waals surface area contributed by atoms with E-state index in [0.717, 1.165) is 12.6 Å². The van der Waals surface area contributed by atoms with Gasteiger partial charge in [0.1, 0.15) is 0 Å². The van der Waals surface area contributed by atoms with E-state index in [1.165, 1.54) is 64.3 Å². The number of rotatable bonds is 3. The van der Waals surface area contributed by atoms with Gasteiger partial charge in [0.05, 0.1) is 0 Å². The quantitative estimate of drug-likeness (QED) is 0.798. The Bertz CT molecular complexity index is 209. The topological polar surface area (TPSA) is 29.3 Å². The molecule has 1 heterocycles. The summed E-state index contributed by atoms with van der Waals surface area (Å²) in [6.45, 7) is 4.53. The number of nitrogens with two attached hydrogens (primary N) is 1. The fourth-order valence-corrected chi connectivity index (χ4v) is 3.87. The fraction of sp³-hybridized carbons (Fsp3) is 1.00. The highest BCUT2D eigenvalue weighted by molar-refractivity contribution is 4.98. The summed E-state index contributed by atoms with van der Waals surface area (Å²) in [7, 11) is 0. The molecular weight excluding hydrogens is 196 g/mol. The lowest BCUT2D eigenvalue weighted by Crippen LogP contribution is -2.56. The molecule has 0 spiro atoms. The zero-order chi connectivity index (χ0) is 11.4. The van der Waals surface area contributed by atoms with Crippen LogP contribution in [0.15, 0.2) is 0 Å². The highest BCUT2D eigenvalue weighted by atomic mass is 15.2. The van der Waals surface area contributed by atoms with Gasteiger partial charge < -0.3 is 5.73 Å². The van der Waals surface area contributed by atoms with Gasteiger partial charge in [-0.05, 0) is 38.6 Å². The predicted octanol–water partition coefficient (Wildman–Crippen LogP) is 2.91. The van der Waals surface area contributed by atoms with Gasteiger partial charge in [0.25, 0.3) is 0 Å². The minimum absolute atomic E-state index is 0.380. The Morgan fingerprint density at radius 2 is 1.88 bits per heavy atom. The summed E-state index contributed by atoms with van der Waals surface area (Å²) in [6.07, 6.45) is 12.4. The summed E-state index contributed by atoms with van der Waals surface area (Å²) in [6, 6.07) is 0.809. The van der Waals surface area contributed by atoms with E-state index >= 15 is 0 Å². The van der Waals surface area contributed by atoms with Crippen molar-refractivity contribution in [3.05, 3.63) is 0 Å². The van der Waals surface area contributed by atoms with Crippen LogP contribution < -0.4 is 5.73 Å². The third-order valence-corrected chi connectivity index (χ3v) is 4.87. The highest BCUT2D eigenvalue weighted by Crippen LogP contribution is 2.38. The van der Waals surface area contributed by atoms with Gasteiger partial charge in [0, 0.05) is 18.1 Å². The second kappa shape index (κ2) is 5.50. The third kappa shape index (κ3) is 2.28. The lowest BCUT2D eigenvalue weighted by molar-refractivity contribution is 0.0520. The monoisotopic (exact) mass is 224 g/mol. The van der Waals surface area contributed by atoms with Crippen LogP contribution >= 0.6 is 0 Å². The van der Waals surface area contributed by atoms with Crippen LogP contribution in [0.5, 0.6) is 0 Å². The maximum absolute atomic E-state index is 6.13. The molecule has 2 nitrogen and oxygen atoms in total. The van der Waals surface area contributed by atoms with E-state index in [0.29, 0.717) is 5.54 Å². The highest BCUT2D eigenvalue weighted by Gasteiger charge is 2.41.